The number of nitrogens with zero attached hydrogens (tertiary/aromatic N) is 3. The van der Waals surface area contributed by atoms with Gasteiger partial charge in [0.1, 0.15) is 29.8 Å². The Morgan fingerprint density at radius 2 is 1.70 bits per heavy atom. The summed E-state index contributed by atoms with van der Waals surface area (Å²) in [6, 6.07) is 4.10. The Balaban J connectivity index is 1.28. The van der Waals surface area contributed by atoms with Gasteiger partial charge in [0.25, 0.3) is 11.8 Å². The maximum absolute atomic E-state index is 16.2. The van der Waals surface area contributed by atoms with Crippen LogP contribution < -0.4 is 20.1 Å². The van der Waals surface area contributed by atoms with Crippen molar-refractivity contribution < 1.29 is 45.9 Å². The largest absolute Gasteiger partial charge is 0.471 e. The summed E-state index contributed by atoms with van der Waals surface area (Å²) in [6.07, 6.45) is 0.758. The molecule has 4 amide bonds. The van der Waals surface area contributed by atoms with Crippen LogP contribution in [0.5, 0.6) is 5.88 Å². The first kappa shape index (κ1) is 40.1. The van der Waals surface area contributed by atoms with Crippen molar-refractivity contribution in [2.45, 2.75) is 140 Å². The highest BCUT2D eigenvalue weighted by Crippen LogP contribution is 2.48. The Bertz CT molecular complexity index is 2010. The molecule has 2 aromatic rings. The van der Waals surface area contributed by atoms with Crippen molar-refractivity contribution in [3.63, 3.8) is 0 Å². The molecule has 3 heterocycles. The fourth-order valence-electron chi connectivity index (χ4n) is 8.43. The highest BCUT2D eigenvalue weighted by molar-refractivity contribution is 7.91. The molecule has 4 fully saturated rings. The van der Waals surface area contributed by atoms with Crippen molar-refractivity contribution in [2.75, 3.05) is 6.54 Å². The van der Waals surface area contributed by atoms with Gasteiger partial charge in [-0.25, -0.2) is 23.2 Å². The lowest BCUT2D eigenvalue weighted by molar-refractivity contribution is -0.143. The summed E-state index contributed by atoms with van der Waals surface area (Å²) >= 11 is 0. The van der Waals surface area contributed by atoms with Gasteiger partial charge in [-0.15, -0.1) is 0 Å². The molecule has 1 aromatic heterocycles. The maximum atomic E-state index is 16.2. The van der Waals surface area contributed by atoms with Gasteiger partial charge in [-0.05, 0) is 74.3 Å². The molecule has 2 bridgehead atoms. The fraction of sp³-hybridized carbons (Fsp3) is 0.692. The molecule has 3 saturated carbocycles. The van der Waals surface area contributed by atoms with E-state index in [0.29, 0.717) is 44.0 Å². The number of benzene rings is 1. The first-order valence-electron chi connectivity index (χ1n) is 19.9. The number of fused-ring (bicyclic) bond motifs is 5. The number of amides is 4. The number of aromatic nitrogens is 2. The third-order valence-corrected chi connectivity index (χ3v) is 13.9. The number of alkyl halides is 2. The zero-order valence-corrected chi connectivity index (χ0v) is 33.3. The summed E-state index contributed by atoms with van der Waals surface area (Å²) in [5.41, 5.74) is -2.49. The minimum Gasteiger partial charge on any atom is -0.471 e. The second-order valence-corrected chi connectivity index (χ2v) is 19.3. The van der Waals surface area contributed by atoms with Gasteiger partial charge in [-0.2, -0.15) is 8.78 Å². The van der Waals surface area contributed by atoms with E-state index in [1.807, 2.05) is 6.92 Å². The van der Waals surface area contributed by atoms with E-state index < -0.39 is 104 Å². The second kappa shape index (κ2) is 14.7. The first-order chi connectivity index (χ1) is 26.4. The van der Waals surface area contributed by atoms with Crippen molar-refractivity contribution in [1.82, 2.24) is 30.2 Å². The van der Waals surface area contributed by atoms with Gasteiger partial charge < -0.3 is 25.0 Å². The minimum atomic E-state index is -3.94. The number of para-hydroxylation sites is 2. The zero-order valence-electron chi connectivity index (χ0n) is 32.5. The zero-order chi connectivity index (χ0) is 40.4. The Hall–Kier alpha value is -4.15. The number of sulfonamides is 1. The van der Waals surface area contributed by atoms with Crippen LogP contribution in [0.3, 0.4) is 0 Å². The molecular formula is C39H52F2N6O8S. The molecular weight excluding hydrogens is 751 g/mol. The maximum Gasteiger partial charge on any atom is 0.408 e. The molecule has 1 unspecified atom stereocenters. The van der Waals surface area contributed by atoms with E-state index in [-0.39, 0.29) is 43.2 Å². The lowest BCUT2D eigenvalue weighted by Crippen LogP contribution is -2.61. The molecule has 17 heteroatoms. The van der Waals surface area contributed by atoms with E-state index in [1.165, 1.54) is 4.90 Å². The molecule has 5 aliphatic rings. The fourth-order valence-corrected chi connectivity index (χ4v) is 9.79. The Morgan fingerprint density at radius 3 is 2.32 bits per heavy atom. The van der Waals surface area contributed by atoms with Crippen LogP contribution in [0.25, 0.3) is 11.0 Å². The van der Waals surface area contributed by atoms with Gasteiger partial charge in [0.15, 0.2) is 5.69 Å². The van der Waals surface area contributed by atoms with Crippen LogP contribution in [0.4, 0.5) is 13.6 Å². The predicted octanol–water partition coefficient (Wildman–Crippen LogP) is 4.70. The van der Waals surface area contributed by atoms with Crippen LogP contribution in [-0.2, 0) is 35.1 Å². The van der Waals surface area contributed by atoms with E-state index in [9.17, 15) is 27.6 Å². The van der Waals surface area contributed by atoms with E-state index in [1.54, 1.807) is 52.0 Å². The molecule has 3 aliphatic carbocycles. The third kappa shape index (κ3) is 7.88. The molecule has 8 atom stereocenters. The van der Waals surface area contributed by atoms with Crippen molar-refractivity contribution in [1.29, 1.82) is 0 Å². The molecule has 0 radical (unpaired) electrons. The number of nitrogens with one attached hydrogen (secondary N) is 3. The summed E-state index contributed by atoms with van der Waals surface area (Å²) in [5, 5.41) is 4.92. The van der Waals surface area contributed by atoms with E-state index in [2.05, 4.69) is 25.3 Å². The topological polar surface area (TPSA) is 186 Å². The lowest BCUT2D eigenvalue weighted by Gasteiger charge is -2.36. The van der Waals surface area contributed by atoms with Crippen molar-refractivity contribution in [3.8, 4) is 5.88 Å². The Kier molecular flexibility index (Phi) is 10.5. The van der Waals surface area contributed by atoms with Crippen molar-refractivity contribution >= 4 is 44.9 Å². The van der Waals surface area contributed by atoms with Crippen LogP contribution in [-0.4, -0.2) is 88.7 Å². The van der Waals surface area contributed by atoms with Crippen molar-refractivity contribution in [3.05, 3.63) is 30.0 Å². The first-order valence-corrected chi connectivity index (χ1v) is 21.4. The Morgan fingerprint density at radius 1 is 1.00 bits per heavy atom. The number of rotatable bonds is 7. The SMILES string of the molecule is CC[C@@H]1[C@@H]2CN(C(=O)[C@H](C(C)(C)C)NC(=O)O[C@@H]3CC3CCCCC(F)(F)c3nc4ccccc4nc3O2)[C@@H]1C(=O)N[C@]1(C(=O)NS(=O)(=O)C2CC2)C[C@H]1CC. The minimum absolute atomic E-state index is 0.00674. The molecule has 3 N–H and O–H groups in total. The van der Waals surface area contributed by atoms with E-state index in [4.69, 9.17) is 9.47 Å². The van der Waals surface area contributed by atoms with Gasteiger partial charge in [-0.3, -0.25) is 19.1 Å². The monoisotopic (exact) mass is 802 g/mol. The van der Waals surface area contributed by atoms with Crippen LogP contribution in [0.1, 0.15) is 105 Å². The number of alkyl carbamates (subject to hydrolysis) is 1. The normalized spacial score (nSPS) is 32.1. The average Bonchev–Trinajstić information content (AvgIpc) is 4.05. The summed E-state index contributed by atoms with van der Waals surface area (Å²) < 4.78 is 72.4. The summed E-state index contributed by atoms with van der Waals surface area (Å²) in [5.74, 6) is -7.24. The number of carbonyl (C=O) groups excluding carboxylic acids is 4. The quantitative estimate of drug-likeness (QED) is 0.355. The lowest BCUT2D eigenvalue weighted by atomic mass is 9.85. The number of carbonyl (C=O) groups is 4. The van der Waals surface area contributed by atoms with Crippen LogP contribution >= 0.6 is 0 Å². The van der Waals surface area contributed by atoms with Gasteiger partial charge >= 0.3 is 6.09 Å². The number of hydrogen-bond acceptors (Lipinski definition) is 10. The number of halogens is 2. The van der Waals surface area contributed by atoms with Crippen LogP contribution in [0.15, 0.2) is 24.3 Å². The molecule has 14 nitrogen and oxygen atoms in total. The summed E-state index contributed by atoms with van der Waals surface area (Å²) in [4.78, 5) is 66.6. The van der Waals surface area contributed by atoms with Gasteiger partial charge in [0.2, 0.25) is 27.7 Å². The highest BCUT2D eigenvalue weighted by Gasteiger charge is 2.63. The molecule has 2 aliphatic heterocycles. The molecule has 1 aromatic carbocycles. The molecule has 56 heavy (non-hydrogen) atoms. The standard InChI is InChI=1S/C39H52F2N6O8S/c1-6-22-19-38(22,35(50)46-56(52,53)23-15-16-23)45-32(48)29-24(7-2)28-20-47(29)34(49)31(37(3,4)5)44-36(51)55-27-18-21(27)12-10-11-17-39(40,41)30-33(54-28)43-26-14-9-8-13-25(26)42-30/h8-9,13-14,21-24,27-29,31H,6-7,10-12,15-20H2,1-5H3,(H,44,51)(H,45,48)(H,46,50)/t21?,22-,24-,27-,28+,29+,31-,38-/m1/s1. The van der Waals surface area contributed by atoms with E-state index >= 15 is 8.78 Å². The van der Waals surface area contributed by atoms with Gasteiger partial charge in [0.05, 0.1) is 22.8 Å². The third-order valence-electron chi connectivity index (χ3n) is 12.1. The number of ether oxygens (including phenoxy) is 2. The van der Waals surface area contributed by atoms with Gasteiger partial charge in [0, 0.05) is 12.3 Å². The van der Waals surface area contributed by atoms with Crippen LogP contribution in [0, 0.1) is 23.2 Å². The Labute approximate surface area is 325 Å². The molecule has 306 valence electrons. The second-order valence-electron chi connectivity index (χ2n) is 17.3. The molecule has 7 rings (SSSR count). The predicted molar refractivity (Wildman–Crippen MR) is 200 cm³/mol. The smallest absolute Gasteiger partial charge is 0.408 e. The summed E-state index contributed by atoms with van der Waals surface area (Å²) in [7, 11) is -3.94. The molecule has 1 saturated heterocycles. The average molecular weight is 803 g/mol. The highest BCUT2D eigenvalue weighted by atomic mass is 32.2. The van der Waals surface area contributed by atoms with Crippen LogP contribution in [0.2, 0.25) is 0 Å². The summed E-state index contributed by atoms with van der Waals surface area (Å²) in [6.45, 7) is 8.61. The van der Waals surface area contributed by atoms with E-state index in [0.717, 1.165) is 0 Å². The number of hydrogen-bond donors (Lipinski definition) is 3. The molecule has 0 spiro atoms. The van der Waals surface area contributed by atoms with Gasteiger partial charge in [-0.1, -0.05) is 59.6 Å². The van der Waals surface area contributed by atoms with Crippen molar-refractivity contribution in [2.24, 2.45) is 23.2 Å².